The molecular formula is C16H14ClN3. The van der Waals surface area contributed by atoms with Crippen molar-refractivity contribution in [2.24, 2.45) is 0 Å². The minimum Gasteiger partial charge on any atom is -0.355 e. The van der Waals surface area contributed by atoms with E-state index in [1.807, 2.05) is 6.07 Å². The van der Waals surface area contributed by atoms with Gasteiger partial charge in [-0.15, -0.1) is 10.2 Å². The van der Waals surface area contributed by atoms with E-state index in [-0.39, 0.29) is 0 Å². The highest BCUT2D eigenvalue weighted by Crippen LogP contribution is 2.33. The lowest BCUT2D eigenvalue weighted by molar-refractivity contribution is 0.906. The fourth-order valence-electron chi connectivity index (χ4n) is 2.96. The summed E-state index contributed by atoms with van der Waals surface area (Å²) in [6.07, 6.45) is 2.44. The van der Waals surface area contributed by atoms with Crippen LogP contribution in [0.15, 0.2) is 36.4 Å². The van der Waals surface area contributed by atoms with Crippen molar-refractivity contribution in [2.75, 3.05) is 18.0 Å². The van der Waals surface area contributed by atoms with Crippen molar-refractivity contribution in [3.63, 3.8) is 0 Å². The van der Waals surface area contributed by atoms with Crippen LogP contribution in [0, 0.1) is 0 Å². The summed E-state index contributed by atoms with van der Waals surface area (Å²) in [6.45, 7) is 2.11. The van der Waals surface area contributed by atoms with Crippen LogP contribution in [0.25, 0.3) is 21.5 Å². The molecule has 100 valence electrons. The van der Waals surface area contributed by atoms with Gasteiger partial charge in [-0.1, -0.05) is 35.9 Å². The van der Waals surface area contributed by atoms with Crippen LogP contribution in [0.3, 0.4) is 0 Å². The summed E-state index contributed by atoms with van der Waals surface area (Å²) < 4.78 is 0. The molecule has 0 saturated carbocycles. The average Bonchev–Trinajstić information content (AvgIpc) is 3.00. The maximum atomic E-state index is 6.24. The molecule has 4 heteroatoms. The van der Waals surface area contributed by atoms with E-state index in [9.17, 15) is 0 Å². The standard InChI is InChI=1S/C16H14ClN3/c17-15-13-9-11-5-1-2-6-12(11)10-14(13)16(19-18-15)20-7-3-4-8-20/h1-2,5-6,9-10H,3-4,7-8H2. The molecule has 0 unspecified atom stereocenters. The van der Waals surface area contributed by atoms with Crippen LogP contribution >= 0.6 is 11.6 Å². The highest BCUT2D eigenvalue weighted by atomic mass is 35.5. The van der Waals surface area contributed by atoms with Gasteiger partial charge in [0.05, 0.1) is 0 Å². The molecule has 1 aliphatic heterocycles. The van der Waals surface area contributed by atoms with E-state index >= 15 is 0 Å². The Morgan fingerprint density at radius 1 is 0.900 bits per heavy atom. The number of benzene rings is 2. The predicted octanol–water partition coefficient (Wildman–Crippen LogP) is 4.04. The van der Waals surface area contributed by atoms with Crippen LogP contribution in [0.4, 0.5) is 5.82 Å². The van der Waals surface area contributed by atoms with Crippen LogP contribution in [-0.4, -0.2) is 23.3 Å². The summed E-state index contributed by atoms with van der Waals surface area (Å²) in [5, 5.41) is 13.4. The molecule has 1 aliphatic rings. The Morgan fingerprint density at radius 3 is 2.25 bits per heavy atom. The summed E-state index contributed by atoms with van der Waals surface area (Å²) >= 11 is 6.24. The quantitative estimate of drug-likeness (QED) is 0.631. The highest BCUT2D eigenvalue weighted by molar-refractivity contribution is 6.35. The fraction of sp³-hybridized carbons (Fsp3) is 0.250. The third-order valence-corrected chi connectivity index (χ3v) is 4.27. The molecule has 2 heterocycles. The molecule has 3 nitrogen and oxygen atoms in total. The monoisotopic (exact) mass is 283 g/mol. The third-order valence-electron chi connectivity index (χ3n) is 3.99. The minimum absolute atomic E-state index is 0.480. The first-order valence-corrected chi connectivity index (χ1v) is 7.30. The number of fused-ring (bicyclic) bond motifs is 2. The molecule has 0 radical (unpaired) electrons. The predicted molar refractivity (Wildman–Crippen MR) is 83.5 cm³/mol. The van der Waals surface area contributed by atoms with Gasteiger partial charge in [-0.3, -0.25) is 0 Å². The van der Waals surface area contributed by atoms with E-state index in [4.69, 9.17) is 11.6 Å². The second-order valence-corrected chi connectivity index (χ2v) is 5.61. The molecule has 1 fully saturated rings. The van der Waals surface area contributed by atoms with Gasteiger partial charge >= 0.3 is 0 Å². The van der Waals surface area contributed by atoms with Crippen LogP contribution in [0.5, 0.6) is 0 Å². The normalized spacial score (nSPS) is 15.3. The van der Waals surface area contributed by atoms with Crippen molar-refractivity contribution in [1.29, 1.82) is 0 Å². The van der Waals surface area contributed by atoms with Gasteiger partial charge in [-0.05, 0) is 35.7 Å². The maximum absolute atomic E-state index is 6.24. The van der Waals surface area contributed by atoms with Crippen molar-refractivity contribution < 1.29 is 0 Å². The first-order valence-electron chi connectivity index (χ1n) is 6.92. The molecule has 1 aromatic heterocycles. The van der Waals surface area contributed by atoms with Crippen molar-refractivity contribution >= 4 is 39.0 Å². The average molecular weight is 284 g/mol. The van der Waals surface area contributed by atoms with Gasteiger partial charge in [0, 0.05) is 23.9 Å². The van der Waals surface area contributed by atoms with Gasteiger partial charge in [-0.25, -0.2) is 0 Å². The lowest BCUT2D eigenvalue weighted by Gasteiger charge is -2.18. The Balaban J connectivity index is 2.04. The van der Waals surface area contributed by atoms with E-state index in [2.05, 4.69) is 45.4 Å². The van der Waals surface area contributed by atoms with Crippen molar-refractivity contribution in [2.45, 2.75) is 12.8 Å². The van der Waals surface area contributed by atoms with E-state index in [1.165, 1.54) is 23.6 Å². The van der Waals surface area contributed by atoms with Crippen molar-refractivity contribution in [1.82, 2.24) is 10.2 Å². The number of halogens is 1. The van der Waals surface area contributed by atoms with Crippen molar-refractivity contribution in [3.8, 4) is 0 Å². The number of rotatable bonds is 1. The third kappa shape index (κ3) is 1.81. The Morgan fingerprint density at radius 2 is 1.55 bits per heavy atom. The van der Waals surface area contributed by atoms with Gasteiger partial charge in [0.15, 0.2) is 11.0 Å². The molecule has 0 amide bonds. The molecular weight excluding hydrogens is 270 g/mol. The summed E-state index contributed by atoms with van der Waals surface area (Å²) in [5.74, 6) is 0.965. The number of hydrogen-bond acceptors (Lipinski definition) is 3. The number of hydrogen-bond donors (Lipinski definition) is 0. The molecule has 0 N–H and O–H groups in total. The smallest absolute Gasteiger partial charge is 0.159 e. The molecule has 0 atom stereocenters. The van der Waals surface area contributed by atoms with Crippen LogP contribution in [0.2, 0.25) is 5.15 Å². The second kappa shape index (κ2) is 4.60. The zero-order chi connectivity index (χ0) is 13.5. The first-order chi connectivity index (χ1) is 9.83. The molecule has 20 heavy (non-hydrogen) atoms. The van der Waals surface area contributed by atoms with Crippen molar-refractivity contribution in [3.05, 3.63) is 41.6 Å². The van der Waals surface area contributed by atoms with Gasteiger partial charge in [0.25, 0.3) is 0 Å². The maximum Gasteiger partial charge on any atom is 0.159 e. The summed E-state index contributed by atoms with van der Waals surface area (Å²) in [4.78, 5) is 2.31. The molecule has 0 bridgehead atoms. The Hall–Kier alpha value is -1.87. The summed E-state index contributed by atoms with van der Waals surface area (Å²) in [7, 11) is 0. The van der Waals surface area contributed by atoms with Gasteiger partial charge in [-0.2, -0.15) is 0 Å². The Kier molecular flexibility index (Phi) is 2.74. The van der Waals surface area contributed by atoms with E-state index < -0.39 is 0 Å². The van der Waals surface area contributed by atoms with E-state index in [0.717, 1.165) is 29.7 Å². The molecule has 3 aromatic rings. The zero-order valence-electron chi connectivity index (χ0n) is 11.0. The molecule has 2 aromatic carbocycles. The topological polar surface area (TPSA) is 29.0 Å². The largest absolute Gasteiger partial charge is 0.355 e. The SMILES string of the molecule is Clc1nnc(N2CCCC2)c2cc3ccccc3cc12. The number of aromatic nitrogens is 2. The summed E-state index contributed by atoms with van der Waals surface area (Å²) in [6, 6.07) is 12.6. The molecule has 0 spiro atoms. The van der Waals surface area contributed by atoms with Gasteiger partial charge in [0.1, 0.15) is 0 Å². The first kappa shape index (κ1) is 11.9. The molecule has 0 aliphatic carbocycles. The van der Waals surface area contributed by atoms with E-state index in [0.29, 0.717) is 5.15 Å². The van der Waals surface area contributed by atoms with Crippen LogP contribution < -0.4 is 4.90 Å². The van der Waals surface area contributed by atoms with Gasteiger partial charge < -0.3 is 4.90 Å². The highest BCUT2D eigenvalue weighted by Gasteiger charge is 2.18. The van der Waals surface area contributed by atoms with E-state index in [1.54, 1.807) is 0 Å². The van der Waals surface area contributed by atoms with Gasteiger partial charge in [0.2, 0.25) is 0 Å². The number of anilines is 1. The van der Waals surface area contributed by atoms with Crippen LogP contribution in [0.1, 0.15) is 12.8 Å². The lowest BCUT2D eigenvalue weighted by atomic mass is 10.1. The zero-order valence-corrected chi connectivity index (χ0v) is 11.8. The Bertz CT molecular complexity index is 794. The lowest BCUT2D eigenvalue weighted by Crippen LogP contribution is -2.19. The Labute approximate surface area is 122 Å². The summed E-state index contributed by atoms with van der Waals surface area (Å²) in [5.41, 5.74) is 0. The van der Waals surface area contributed by atoms with Crippen LogP contribution in [-0.2, 0) is 0 Å². The molecule has 1 saturated heterocycles. The molecule has 4 rings (SSSR count). The second-order valence-electron chi connectivity index (χ2n) is 5.25. The number of nitrogens with zero attached hydrogens (tertiary/aromatic N) is 3. The fourth-order valence-corrected chi connectivity index (χ4v) is 3.15. The minimum atomic E-state index is 0.480.